The van der Waals surface area contributed by atoms with Gasteiger partial charge in [0.1, 0.15) is 11.6 Å². The minimum Gasteiger partial charge on any atom is -0.504 e. The SMILES string of the molecule is Cc1cccc(CN2CCOc3c(O)cc(-c4nc5ccccc5s4)cc3C2)n1. The van der Waals surface area contributed by atoms with Crippen molar-refractivity contribution < 1.29 is 9.84 Å². The van der Waals surface area contributed by atoms with Crippen molar-refractivity contribution in [2.75, 3.05) is 13.2 Å². The number of ether oxygens (including phenoxy) is 1. The van der Waals surface area contributed by atoms with Crippen LogP contribution in [0.1, 0.15) is 17.0 Å². The van der Waals surface area contributed by atoms with E-state index < -0.39 is 0 Å². The standard InChI is InChI=1S/C23H21N3O2S/c1-15-5-4-6-18(24-15)14-26-9-10-28-22-17(13-26)11-16(12-20(22)27)23-25-19-7-2-3-8-21(19)29-23/h2-8,11-12,27H,9-10,13-14H2,1H3. The zero-order valence-electron chi connectivity index (χ0n) is 16.1. The molecule has 0 saturated heterocycles. The fraction of sp³-hybridized carbons (Fsp3) is 0.217. The van der Waals surface area contributed by atoms with Gasteiger partial charge in [0, 0.05) is 36.5 Å². The van der Waals surface area contributed by atoms with Crippen LogP contribution in [0.25, 0.3) is 20.8 Å². The van der Waals surface area contributed by atoms with Crippen LogP contribution >= 0.6 is 11.3 Å². The van der Waals surface area contributed by atoms with Gasteiger partial charge in [-0.15, -0.1) is 11.3 Å². The molecule has 3 heterocycles. The molecule has 4 aromatic rings. The van der Waals surface area contributed by atoms with Gasteiger partial charge >= 0.3 is 0 Å². The summed E-state index contributed by atoms with van der Waals surface area (Å²) in [7, 11) is 0. The van der Waals surface area contributed by atoms with Crippen LogP contribution in [-0.4, -0.2) is 33.1 Å². The zero-order chi connectivity index (χ0) is 19.8. The molecule has 0 radical (unpaired) electrons. The number of thiazole rings is 1. The Morgan fingerprint density at radius 1 is 1.10 bits per heavy atom. The van der Waals surface area contributed by atoms with Crippen LogP contribution < -0.4 is 4.74 Å². The number of pyridine rings is 1. The second kappa shape index (κ2) is 7.46. The van der Waals surface area contributed by atoms with Crippen molar-refractivity contribution in [1.82, 2.24) is 14.9 Å². The molecule has 0 spiro atoms. The molecule has 29 heavy (non-hydrogen) atoms. The van der Waals surface area contributed by atoms with Crippen molar-refractivity contribution in [3.63, 3.8) is 0 Å². The van der Waals surface area contributed by atoms with E-state index in [1.165, 1.54) is 0 Å². The predicted molar refractivity (Wildman–Crippen MR) is 115 cm³/mol. The van der Waals surface area contributed by atoms with Gasteiger partial charge in [-0.2, -0.15) is 0 Å². The third kappa shape index (κ3) is 3.69. The first-order valence-corrected chi connectivity index (χ1v) is 10.5. The Hall–Kier alpha value is -2.96. The lowest BCUT2D eigenvalue weighted by molar-refractivity contribution is 0.215. The van der Waals surface area contributed by atoms with Gasteiger partial charge < -0.3 is 9.84 Å². The Balaban J connectivity index is 1.48. The molecule has 1 N–H and O–H groups in total. The molecule has 1 aliphatic heterocycles. The van der Waals surface area contributed by atoms with E-state index in [0.717, 1.165) is 50.8 Å². The van der Waals surface area contributed by atoms with Crippen LogP contribution in [0.2, 0.25) is 0 Å². The average molecular weight is 404 g/mol. The lowest BCUT2D eigenvalue weighted by Crippen LogP contribution is -2.25. The van der Waals surface area contributed by atoms with Gasteiger partial charge in [0.15, 0.2) is 11.5 Å². The third-order valence-corrected chi connectivity index (χ3v) is 6.15. The highest BCUT2D eigenvalue weighted by Crippen LogP contribution is 2.39. The lowest BCUT2D eigenvalue weighted by Gasteiger charge is -2.19. The number of fused-ring (bicyclic) bond motifs is 2. The summed E-state index contributed by atoms with van der Waals surface area (Å²) in [5.41, 5.74) is 4.93. The van der Waals surface area contributed by atoms with Crippen LogP contribution in [0, 0.1) is 6.92 Å². The molecule has 5 nitrogen and oxygen atoms in total. The fourth-order valence-electron chi connectivity index (χ4n) is 3.72. The molecule has 0 aliphatic carbocycles. The minimum atomic E-state index is 0.173. The van der Waals surface area contributed by atoms with Crippen molar-refractivity contribution in [2.45, 2.75) is 20.0 Å². The molecule has 0 unspecified atom stereocenters. The molecule has 1 aliphatic rings. The Morgan fingerprint density at radius 3 is 2.86 bits per heavy atom. The highest BCUT2D eigenvalue weighted by Gasteiger charge is 2.21. The van der Waals surface area contributed by atoms with Gasteiger partial charge in [0.25, 0.3) is 0 Å². The van der Waals surface area contributed by atoms with Crippen molar-refractivity contribution in [1.29, 1.82) is 0 Å². The van der Waals surface area contributed by atoms with Gasteiger partial charge in [-0.05, 0) is 43.3 Å². The first-order chi connectivity index (χ1) is 14.2. The predicted octanol–water partition coefficient (Wildman–Crippen LogP) is 4.77. The maximum absolute atomic E-state index is 10.6. The van der Waals surface area contributed by atoms with Crippen LogP contribution in [-0.2, 0) is 13.1 Å². The van der Waals surface area contributed by atoms with Crippen LogP contribution in [0.3, 0.4) is 0 Å². The Labute approximate surface area is 173 Å². The second-order valence-electron chi connectivity index (χ2n) is 7.30. The molecular formula is C23H21N3O2S. The number of rotatable bonds is 3. The largest absolute Gasteiger partial charge is 0.504 e. The summed E-state index contributed by atoms with van der Waals surface area (Å²) in [4.78, 5) is 11.7. The number of nitrogens with zero attached hydrogens (tertiary/aromatic N) is 3. The highest BCUT2D eigenvalue weighted by molar-refractivity contribution is 7.21. The summed E-state index contributed by atoms with van der Waals surface area (Å²) >= 11 is 1.63. The van der Waals surface area contributed by atoms with Crippen LogP contribution in [0.5, 0.6) is 11.5 Å². The van der Waals surface area contributed by atoms with Crippen LogP contribution in [0.4, 0.5) is 0 Å². The maximum atomic E-state index is 10.6. The number of aryl methyl sites for hydroxylation is 1. The molecule has 0 bridgehead atoms. The van der Waals surface area contributed by atoms with E-state index >= 15 is 0 Å². The molecule has 0 fully saturated rings. The Kier molecular flexibility index (Phi) is 4.66. The summed E-state index contributed by atoms with van der Waals surface area (Å²) in [5.74, 6) is 0.752. The van der Waals surface area contributed by atoms with Gasteiger partial charge in [0.2, 0.25) is 0 Å². The quantitative estimate of drug-likeness (QED) is 0.534. The first-order valence-electron chi connectivity index (χ1n) is 9.65. The fourth-order valence-corrected chi connectivity index (χ4v) is 4.68. The van der Waals surface area contributed by atoms with E-state index in [-0.39, 0.29) is 5.75 Å². The monoisotopic (exact) mass is 403 g/mol. The number of aromatic nitrogens is 2. The molecule has 146 valence electrons. The molecule has 6 heteroatoms. The minimum absolute atomic E-state index is 0.173. The van der Waals surface area contributed by atoms with Gasteiger partial charge in [0.05, 0.1) is 15.9 Å². The topological polar surface area (TPSA) is 58.5 Å². The Bertz CT molecular complexity index is 1150. The van der Waals surface area contributed by atoms with Crippen molar-refractivity contribution in [3.8, 4) is 22.1 Å². The van der Waals surface area contributed by atoms with Crippen molar-refractivity contribution >= 4 is 21.6 Å². The van der Waals surface area contributed by atoms with Crippen LogP contribution in [0.15, 0.2) is 54.6 Å². The molecule has 5 rings (SSSR count). The second-order valence-corrected chi connectivity index (χ2v) is 8.33. The highest BCUT2D eigenvalue weighted by atomic mass is 32.1. The van der Waals surface area contributed by atoms with E-state index in [2.05, 4.69) is 28.1 Å². The average Bonchev–Trinajstić information content (AvgIpc) is 3.03. The molecule has 0 atom stereocenters. The summed E-state index contributed by atoms with van der Waals surface area (Å²) in [6, 6.07) is 18.0. The molecule has 0 amide bonds. The van der Waals surface area contributed by atoms with E-state index in [9.17, 15) is 5.11 Å². The van der Waals surface area contributed by atoms with Crippen molar-refractivity contribution in [2.24, 2.45) is 0 Å². The normalized spacial score (nSPS) is 14.4. The number of hydrogen-bond acceptors (Lipinski definition) is 6. The number of para-hydroxylation sites is 1. The number of phenols is 1. The van der Waals surface area contributed by atoms with Gasteiger partial charge in [-0.1, -0.05) is 18.2 Å². The summed E-state index contributed by atoms with van der Waals surface area (Å²) in [6.45, 7) is 4.76. The van der Waals surface area contributed by atoms with Gasteiger partial charge in [-0.3, -0.25) is 9.88 Å². The molecule has 2 aromatic carbocycles. The Morgan fingerprint density at radius 2 is 2.00 bits per heavy atom. The summed E-state index contributed by atoms with van der Waals surface area (Å²) in [5, 5.41) is 11.5. The van der Waals surface area contributed by atoms with E-state index in [0.29, 0.717) is 18.9 Å². The summed E-state index contributed by atoms with van der Waals surface area (Å²) in [6.07, 6.45) is 0. The number of aromatic hydroxyl groups is 1. The molecule has 2 aromatic heterocycles. The first kappa shape index (κ1) is 18.1. The van der Waals surface area contributed by atoms with E-state index in [1.807, 2.05) is 37.3 Å². The molecule has 0 saturated carbocycles. The summed E-state index contributed by atoms with van der Waals surface area (Å²) < 4.78 is 7.03. The van der Waals surface area contributed by atoms with E-state index in [4.69, 9.17) is 9.72 Å². The number of hydrogen-bond donors (Lipinski definition) is 1. The van der Waals surface area contributed by atoms with Gasteiger partial charge in [-0.25, -0.2) is 4.98 Å². The number of benzene rings is 2. The zero-order valence-corrected chi connectivity index (χ0v) is 16.9. The lowest BCUT2D eigenvalue weighted by atomic mass is 10.1. The van der Waals surface area contributed by atoms with Crippen molar-refractivity contribution in [3.05, 3.63) is 71.5 Å². The maximum Gasteiger partial charge on any atom is 0.165 e. The third-order valence-electron chi connectivity index (χ3n) is 5.07. The smallest absolute Gasteiger partial charge is 0.165 e. The van der Waals surface area contributed by atoms with E-state index in [1.54, 1.807) is 17.4 Å². The molecular weight excluding hydrogens is 382 g/mol. The number of phenolic OH excluding ortho intramolecular Hbond substituents is 1.